The lowest BCUT2D eigenvalue weighted by molar-refractivity contribution is 0.0793. The summed E-state index contributed by atoms with van der Waals surface area (Å²) in [5.74, 6) is 0.0685. The van der Waals surface area contributed by atoms with E-state index in [1.54, 1.807) is 0 Å². The second-order valence-electron chi connectivity index (χ2n) is 5.30. The molecule has 2 N–H and O–H groups in total. The Morgan fingerprint density at radius 3 is 2.48 bits per heavy atom. The van der Waals surface area contributed by atoms with Crippen LogP contribution in [0.15, 0.2) is 24.3 Å². The summed E-state index contributed by atoms with van der Waals surface area (Å²) in [5.41, 5.74) is 8.82. The lowest BCUT2D eigenvalue weighted by Crippen LogP contribution is -2.28. The minimum atomic E-state index is 0.0685. The lowest BCUT2D eigenvalue weighted by atomic mass is 10.1. The van der Waals surface area contributed by atoms with E-state index in [9.17, 15) is 4.79 Å². The summed E-state index contributed by atoms with van der Waals surface area (Å²) in [6, 6.07) is 7.64. The number of nitrogen functional groups attached to an aromatic ring is 1. The molecule has 0 aliphatic carbocycles. The minimum absolute atomic E-state index is 0.0685. The van der Waals surface area contributed by atoms with Crippen LogP contribution in [0, 0.1) is 6.92 Å². The van der Waals surface area contributed by atoms with Crippen molar-refractivity contribution in [2.24, 2.45) is 0 Å². The third-order valence-electron chi connectivity index (χ3n) is 3.89. The molecular weight excluding hydrogens is 304 g/mol. The van der Waals surface area contributed by atoms with Crippen LogP contribution < -0.4 is 5.73 Å². The van der Waals surface area contributed by atoms with Crippen LogP contribution in [-0.2, 0) is 0 Å². The number of anilines is 1. The maximum Gasteiger partial charge on any atom is 0.257 e. The first-order chi connectivity index (χ1) is 10.1. The van der Waals surface area contributed by atoms with Gasteiger partial charge in [-0.3, -0.25) is 4.79 Å². The Bertz CT molecular complexity index is 672. The fourth-order valence-electron chi connectivity index (χ4n) is 2.76. The van der Waals surface area contributed by atoms with Crippen molar-refractivity contribution in [3.63, 3.8) is 0 Å². The predicted octanol–water partition coefficient (Wildman–Crippen LogP) is 4.20. The Labute approximate surface area is 133 Å². The van der Waals surface area contributed by atoms with Crippen LogP contribution in [0.5, 0.6) is 0 Å². The molecule has 0 saturated carbocycles. The van der Waals surface area contributed by atoms with E-state index in [0.29, 0.717) is 15.6 Å². The van der Waals surface area contributed by atoms with Crippen LogP contribution >= 0.6 is 22.9 Å². The topological polar surface area (TPSA) is 46.3 Å². The first kappa shape index (κ1) is 14.4. The molecule has 1 amide bonds. The Kier molecular flexibility index (Phi) is 3.91. The molecule has 3 nitrogen and oxygen atoms in total. The minimum Gasteiger partial charge on any atom is -0.390 e. The number of carbonyl (C=O) groups excluding carboxylic acids is 1. The number of likely N-dealkylation sites (tertiary alicyclic amines) is 1. The number of halogens is 1. The summed E-state index contributed by atoms with van der Waals surface area (Å²) in [4.78, 5) is 15.6. The molecule has 2 heterocycles. The van der Waals surface area contributed by atoms with Crippen molar-refractivity contribution in [1.82, 2.24) is 4.90 Å². The molecule has 1 aromatic heterocycles. The number of nitrogens with two attached hydrogens (primary N) is 1. The highest BCUT2D eigenvalue weighted by atomic mass is 35.5. The molecule has 1 fully saturated rings. The van der Waals surface area contributed by atoms with Gasteiger partial charge in [0.2, 0.25) is 0 Å². The van der Waals surface area contributed by atoms with Gasteiger partial charge in [0.05, 0.1) is 10.6 Å². The number of amides is 1. The Balaban J connectivity index is 1.99. The van der Waals surface area contributed by atoms with Gasteiger partial charge in [0.25, 0.3) is 5.91 Å². The smallest absolute Gasteiger partial charge is 0.257 e. The molecular formula is C16H17ClN2OS. The van der Waals surface area contributed by atoms with Gasteiger partial charge in [0, 0.05) is 23.0 Å². The molecule has 0 bridgehead atoms. The van der Waals surface area contributed by atoms with Crippen molar-refractivity contribution in [3.8, 4) is 10.4 Å². The Morgan fingerprint density at radius 2 is 1.86 bits per heavy atom. The average molecular weight is 321 g/mol. The van der Waals surface area contributed by atoms with Crippen molar-refractivity contribution in [3.05, 3.63) is 40.4 Å². The summed E-state index contributed by atoms with van der Waals surface area (Å²) >= 11 is 7.40. The number of rotatable bonds is 2. The molecule has 3 rings (SSSR count). The molecule has 2 aromatic rings. The molecule has 1 aliphatic heterocycles. The number of thiophene rings is 1. The molecule has 1 aromatic carbocycles. The zero-order chi connectivity index (χ0) is 15.0. The van der Waals surface area contributed by atoms with Crippen LogP contribution in [0.25, 0.3) is 10.4 Å². The van der Waals surface area contributed by atoms with E-state index >= 15 is 0 Å². The molecule has 21 heavy (non-hydrogen) atoms. The number of benzene rings is 1. The van der Waals surface area contributed by atoms with E-state index < -0.39 is 0 Å². The Hall–Kier alpha value is -1.52. The summed E-state index contributed by atoms with van der Waals surface area (Å²) in [5, 5.41) is 1.31. The highest BCUT2D eigenvalue weighted by Gasteiger charge is 2.26. The van der Waals surface area contributed by atoms with Gasteiger partial charge < -0.3 is 10.6 Å². The Morgan fingerprint density at radius 1 is 1.24 bits per heavy atom. The maximum atomic E-state index is 12.6. The van der Waals surface area contributed by atoms with Gasteiger partial charge in [0.1, 0.15) is 0 Å². The quantitative estimate of drug-likeness (QED) is 0.901. The fourth-order valence-corrected chi connectivity index (χ4v) is 3.95. The van der Waals surface area contributed by atoms with Crippen LogP contribution in [-0.4, -0.2) is 23.9 Å². The fraction of sp³-hybridized carbons (Fsp3) is 0.312. The molecule has 0 radical (unpaired) electrons. The van der Waals surface area contributed by atoms with Crippen molar-refractivity contribution >= 4 is 33.8 Å². The normalized spacial score (nSPS) is 14.7. The zero-order valence-electron chi connectivity index (χ0n) is 11.9. The molecule has 1 aliphatic rings. The molecule has 0 atom stereocenters. The standard InChI is InChI=1S/C16H17ClN2OS/c1-10-13(16(20)19-8-2-3-9-19)15(18)21-14(10)11-4-6-12(17)7-5-11/h4-7H,2-3,8-9,18H2,1H3. The van der Waals surface area contributed by atoms with E-state index in [1.807, 2.05) is 36.1 Å². The van der Waals surface area contributed by atoms with E-state index in [2.05, 4.69) is 0 Å². The largest absolute Gasteiger partial charge is 0.390 e. The van der Waals surface area contributed by atoms with Crippen molar-refractivity contribution in [2.75, 3.05) is 18.8 Å². The van der Waals surface area contributed by atoms with Gasteiger partial charge in [-0.25, -0.2) is 0 Å². The first-order valence-corrected chi connectivity index (χ1v) is 8.21. The van der Waals surface area contributed by atoms with Gasteiger partial charge in [-0.1, -0.05) is 23.7 Å². The van der Waals surface area contributed by atoms with Crippen LogP contribution in [0.4, 0.5) is 5.00 Å². The number of hydrogen-bond acceptors (Lipinski definition) is 3. The van der Waals surface area contributed by atoms with Crippen LogP contribution in [0.2, 0.25) is 5.02 Å². The third-order valence-corrected chi connectivity index (χ3v) is 5.31. The van der Waals surface area contributed by atoms with Crippen molar-refractivity contribution in [2.45, 2.75) is 19.8 Å². The summed E-state index contributed by atoms with van der Waals surface area (Å²) in [6.45, 7) is 3.65. The van der Waals surface area contributed by atoms with Crippen LogP contribution in [0.3, 0.4) is 0 Å². The zero-order valence-corrected chi connectivity index (χ0v) is 13.4. The average Bonchev–Trinajstić information content (AvgIpc) is 3.08. The number of hydrogen-bond donors (Lipinski definition) is 1. The van der Waals surface area contributed by atoms with Crippen molar-refractivity contribution < 1.29 is 4.79 Å². The monoisotopic (exact) mass is 320 g/mol. The molecule has 0 spiro atoms. The van der Waals surface area contributed by atoms with Gasteiger partial charge in [-0.2, -0.15) is 0 Å². The van der Waals surface area contributed by atoms with Gasteiger partial charge in [-0.05, 0) is 43.0 Å². The third kappa shape index (κ3) is 2.65. The molecule has 110 valence electrons. The van der Waals surface area contributed by atoms with Crippen molar-refractivity contribution in [1.29, 1.82) is 0 Å². The van der Waals surface area contributed by atoms with E-state index in [0.717, 1.165) is 41.9 Å². The highest BCUT2D eigenvalue weighted by Crippen LogP contribution is 2.39. The SMILES string of the molecule is Cc1c(-c2ccc(Cl)cc2)sc(N)c1C(=O)N1CCCC1. The second-order valence-corrected chi connectivity index (χ2v) is 6.79. The molecule has 5 heteroatoms. The molecule has 0 unspecified atom stereocenters. The van der Waals surface area contributed by atoms with Gasteiger partial charge >= 0.3 is 0 Å². The van der Waals surface area contributed by atoms with Gasteiger partial charge in [-0.15, -0.1) is 11.3 Å². The number of nitrogens with zero attached hydrogens (tertiary/aromatic N) is 1. The lowest BCUT2D eigenvalue weighted by Gasteiger charge is -2.15. The van der Waals surface area contributed by atoms with E-state index in [4.69, 9.17) is 17.3 Å². The summed E-state index contributed by atoms with van der Waals surface area (Å²) < 4.78 is 0. The highest BCUT2D eigenvalue weighted by molar-refractivity contribution is 7.19. The van der Waals surface area contributed by atoms with Gasteiger partial charge in [0.15, 0.2) is 0 Å². The van der Waals surface area contributed by atoms with E-state index in [-0.39, 0.29) is 5.91 Å². The maximum absolute atomic E-state index is 12.6. The first-order valence-electron chi connectivity index (χ1n) is 7.02. The number of carbonyl (C=O) groups is 1. The molecule has 1 saturated heterocycles. The van der Waals surface area contributed by atoms with E-state index in [1.165, 1.54) is 11.3 Å². The summed E-state index contributed by atoms with van der Waals surface area (Å²) in [7, 11) is 0. The second kappa shape index (κ2) is 5.70. The summed E-state index contributed by atoms with van der Waals surface area (Å²) in [6.07, 6.45) is 2.16. The van der Waals surface area contributed by atoms with Crippen LogP contribution in [0.1, 0.15) is 28.8 Å². The predicted molar refractivity (Wildman–Crippen MR) is 89.1 cm³/mol.